The van der Waals surface area contributed by atoms with Crippen LogP contribution in [0.3, 0.4) is 0 Å². The van der Waals surface area contributed by atoms with Gasteiger partial charge in [-0.15, -0.1) is 13.2 Å². The standard InChI is InChI=1S/C20H16F3N3O5/c21-20(22,23)31-15-8-6-13(7-9-15)24-17(27)12-30-19(29)16-10-11-18(28)26(25-16)14-4-2-1-3-5-14/h1-9H,10-12H2,(H,24,27). The first-order valence-electron chi connectivity index (χ1n) is 8.99. The molecule has 162 valence electrons. The van der Waals surface area contributed by atoms with Gasteiger partial charge in [0.2, 0.25) is 5.91 Å². The number of nitrogens with zero attached hydrogens (tertiary/aromatic N) is 2. The van der Waals surface area contributed by atoms with Gasteiger partial charge in [0.05, 0.1) is 5.69 Å². The second-order valence-electron chi connectivity index (χ2n) is 6.28. The molecule has 31 heavy (non-hydrogen) atoms. The molecule has 1 aliphatic rings. The number of nitrogens with one attached hydrogen (secondary N) is 1. The highest BCUT2D eigenvalue weighted by molar-refractivity contribution is 6.38. The molecule has 0 bridgehead atoms. The van der Waals surface area contributed by atoms with Crippen molar-refractivity contribution in [3.63, 3.8) is 0 Å². The Balaban J connectivity index is 1.54. The number of anilines is 2. The van der Waals surface area contributed by atoms with E-state index in [-0.39, 0.29) is 30.1 Å². The van der Waals surface area contributed by atoms with Gasteiger partial charge in [-0.2, -0.15) is 5.10 Å². The van der Waals surface area contributed by atoms with Crippen LogP contribution in [0, 0.1) is 0 Å². The Bertz CT molecular complexity index is 991. The second kappa shape index (κ2) is 9.28. The summed E-state index contributed by atoms with van der Waals surface area (Å²) in [5, 5.41) is 7.50. The van der Waals surface area contributed by atoms with Crippen molar-refractivity contribution in [1.29, 1.82) is 0 Å². The summed E-state index contributed by atoms with van der Waals surface area (Å²) >= 11 is 0. The molecule has 0 atom stereocenters. The van der Waals surface area contributed by atoms with Gasteiger partial charge in [-0.25, -0.2) is 9.80 Å². The zero-order chi connectivity index (χ0) is 22.4. The van der Waals surface area contributed by atoms with E-state index in [0.29, 0.717) is 5.69 Å². The molecule has 1 aliphatic heterocycles. The predicted octanol–water partition coefficient (Wildman–Crippen LogP) is 3.25. The first-order chi connectivity index (χ1) is 14.7. The summed E-state index contributed by atoms with van der Waals surface area (Å²) in [5.74, 6) is -2.27. The number of ether oxygens (including phenoxy) is 2. The highest BCUT2D eigenvalue weighted by Gasteiger charge is 2.31. The van der Waals surface area contributed by atoms with Gasteiger partial charge in [-0.1, -0.05) is 18.2 Å². The lowest BCUT2D eigenvalue weighted by molar-refractivity contribution is -0.274. The zero-order valence-electron chi connectivity index (χ0n) is 15.9. The molecule has 2 aromatic rings. The Morgan fingerprint density at radius 1 is 1.03 bits per heavy atom. The molecule has 2 aromatic carbocycles. The molecule has 0 spiro atoms. The average molecular weight is 435 g/mol. The van der Waals surface area contributed by atoms with E-state index in [1.807, 2.05) is 0 Å². The molecule has 0 saturated carbocycles. The van der Waals surface area contributed by atoms with Crippen molar-refractivity contribution in [2.24, 2.45) is 5.10 Å². The van der Waals surface area contributed by atoms with Crippen molar-refractivity contribution in [3.05, 3.63) is 54.6 Å². The Morgan fingerprint density at radius 2 is 1.71 bits per heavy atom. The molecule has 8 nitrogen and oxygen atoms in total. The maximum absolute atomic E-state index is 12.2. The van der Waals surface area contributed by atoms with Gasteiger partial charge in [-0.3, -0.25) is 9.59 Å². The monoisotopic (exact) mass is 435 g/mol. The highest BCUT2D eigenvalue weighted by Crippen LogP contribution is 2.24. The van der Waals surface area contributed by atoms with Crippen LogP contribution in [0.5, 0.6) is 5.75 Å². The van der Waals surface area contributed by atoms with Gasteiger partial charge in [0, 0.05) is 18.5 Å². The first kappa shape index (κ1) is 21.8. The third kappa shape index (κ3) is 6.29. The third-order valence-electron chi connectivity index (χ3n) is 3.98. The van der Waals surface area contributed by atoms with Crippen molar-refractivity contribution < 1.29 is 37.0 Å². The zero-order valence-corrected chi connectivity index (χ0v) is 15.9. The van der Waals surface area contributed by atoms with E-state index in [2.05, 4.69) is 15.2 Å². The SMILES string of the molecule is O=C(COC(=O)C1=NN(c2ccccc2)C(=O)CC1)Nc1ccc(OC(F)(F)F)cc1. The Hall–Kier alpha value is -3.89. The van der Waals surface area contributed by atoms with Crippen LogP contribution in [0.25, 0.3) is 0 Å². The minimum absolute atomic E-state index is 0.00935. The molecular weight excluding hydrogens is 419 g/mol. The van der Waals surface area contributed by atoms with Gasteiger partial charge in [-0.05, 0) is 36.4 Å². The molecular formula is C20H16F3N3O5. The van der Waals surface area contributed by atoms with Crippen LogP contribution in [0.4, 0.5) is 24.5 Å². The van der Waals surface area contributed by atoms with Crippen LogP contribution >= 0.6 is 0 Å². The van der Waals surface area contributed by atoms with Crippen molar-refractivity contribution >= 4 is 34.9 Å². The Labute approximate surface area is 174 Å². The van der Waals surface area contributed by atoms with Crippen LogP contribution in [-0.4, -0.2) is 36.5 Å². The Kier molecular flexibility index (Phi) is 6.53. The summed E-state index contributed by atoms with van der Waals surface area (Å²) in [6, 6.07) is 13.0. The first-order valence-corrected chi connectivity index (χ1v) is 8.99. The number of hydrogen-bond donors (Lipinski definition) is 1. The fraction of sp³-hybridized carbons (Fsp3) is 0.200. The van der Waals surface area contributed by atoms with Crippen LogP contribution < -0.4 is 15.1 Å². The highest BCUT2D eigenvalue weighted by atomic mass is 19.4. The predicted molar refractivity (Wildman–Crippen MR) is 103 cm³/mol. The lowest BCUT2D eigenvalue weighted by Crippen LogP contribution is -2.35. The van der Waals surface area contributed by atoms with Crippen LogP contribution in [0.2, 0.25) is 0 Å². The number of carbonyl (C=O) groups excluding carboxylic acids is 3. The summed E-state index contributed by atoms with van der Waals surface area (Å²) in [6.45, 7) is -0.641. The number of rotatable bonds is 6. The molecule has 0 saturated heterocycles. The molecule has 3 rings (SSSR count). The van der Waals surface area contributed by atoms with E-state index >= 15 is 0 Å². The van der Waals surface area contributed by atoms with Gasteiger partial charge in [0.15, 0.2) is 6.61 Å². The smallest absolute Gasteiger partial charge is 0.451 e. The topological polar surface area (TPSA) is 97.3 Å². The number of hydrogen-bond acceptors (Lipinski definition) is 6. The maximum atomic E-state index is 12.2. The largest absolute Gasteiger partial charge is 0.573 e. The lowest BCUT2D eigenvalue weighted by Gasteiger charge is -2.22. The fourth-order valence-electron chi connectivity index (χ4n) is 2.62. The minimum atomic E-state index is -4.82. The third-order valence-corrected chi connectivity index (χ3v) is 3.98. The molecule has 0 unspecified atom stereocenters. The number of halogens is 3. The second-order valence-corrected chi connectivity index (χ2v) is 6.28. The minimum Gasteiger partial charge on any atom is -0.451 e. The molecule has 0 fully saturated rings. The maximum Gasteiger partial charge on any atom is 0.573 e. The van der Waals surface area contributed by atoms with Gasteiger partial charge in [0.25, 0.3) is 5.91 Å². The normalized spacial score (nSPS) is 14.0. The number of para-hydroxylation sites is 1. The van der Waals surface area contributed by atoms with E-state index in [0.717, 1.165) is 17.1 Å². The summed E-state index contributed by atoms with van der Waals surface area (Å²) in [4.78, 5) is 36.2. The van der Waals surface area contributed by atoms with E-state index in [4.69, 9.17) is 4.74 Å². The van der Waals surface area contributed by atoms with Crippen molar-refractivity contribution in [2.75, 3.05) is 16.9 Å². The van der Waals surface area contributed by atoms with E-state index in [1.165, 1.54) is 12.1 Å². The van der Waals surface area contributed by atoms with Crippen LogP contribution in [0.1, 0.15) is 12.8 Å². The number of benzene rings is 2. The molecule has 11 heteroatoms. The molecule has 0 aromatic heterocycles. The molecule has 0 aliphatic carbocycles. The van der Waals surface area contributed by atoms with E-state index in [1.54, 1.807) is 30.3 Å². The molecule has 1 N–H and O–H groups in total. The average Bonchev–Trinajstić information content (AvgIpc) is 2.73. The lowest BCUT2D eigenvalue weighted by atomic mass is 10.1. The fourth-order valence-corrected chi connectivity index (χ4v) is 2.62. The van der Waals surface area contributed by atoms with Crippen molar-refractivity contribution in [3.8, 4) is 5.75 Å². The number of hydrazone groups is 1. The quantitative estimate of drug-likeness (QED) is 0.703. The van der Waals surface area contributed by atoms with Gasteiger partial charge in [0.1, 0.15) is 11.5 Å². The van der Waals surface area contributed by atoms with E-state index < -0.39 is 30.6 Å². The van der Waals surface area contributed by atoms with Gasteiger partial charge < -0.3 is 14.8 Å². The van der Waals surface area contributed by atoms with Crippen LogP contribution in [0.15, 0.2) is 59.7 Å². The Morgan fingerprint density at radius 3 is 2.35 bits per heavy atom. The van der Waals surface area contributed by atoms with Gasteiger partial charge >= 0.3 is 12.3 Å². The number of carbonyl (C=O) groups is 3. The number of esters is 1. The summed E-state index contributed by atoms with van der Waals surface area (Å²) in [7, 11) is 0. The number of amides is 2. The van der Waals surface area contributed by atoms with Crippen LogP contribution in [-0.2, 0) is 19.1 Å². The molecule has 0 radical (unpaired) electrons. The summed E-state index contributed by atoms with van der Waals surface area (Å²) in [5.41, 5.74) is 0.671. The van der Waals surface area contributed by atoms with Crippen molar-refractivity contribution in [1.82, 2.24) is 0 Å². The summed E-state index contributed by atoms with van der Waals surface area (Å²) in [6.07, 6.45) is -4.69. The summed E-state index contributed by atoms with van der Waals surface area (Å²) < 4.78 is 45.1. The number of alkyl halides is 3. The molecule has 2 amide bonds. The molecule has 1 heterocycles. The van der Waals surface area contributed by atoms with E-state index in [9.17, 15) is 27.6 Å². The van der Waals surface area contributed by atoms with Crippen molar-refractivity contribution in [2.45, 2.75) is 19.2 Å².